The molecule has 6 nitrogen and oxygen atoms in total. The van der Waals surface area contributed by atoms with Crippen molar-refractivity contribution in [1.82, 2.24) is 4.57 Å². The minimum absolute atomic E-state index is 0.0763. The molecular weight excluding hydrogens is 452 g/mol. The Morgan fingerprint density at radius 3 is 2.36 bits per heavy atom. The molecule has 0 unspecified atom stereocenters. The Hall–Kier alpha value is -4.58. The van der Waals surface area contributed by atoms with Gasteiger partial charge in [-0.05, 0) is 60.5 Å². The molecule has 1 N–H and O–H groups in total. The monoisotopic (exact) mass is 479 g/mol. The molecule has 0 fully saturated rings. The summed E-state index contributed by atoms with van der Waals surface area (Å²) in [6.07, 6.45) is 1.95. The summed E-state index contributed by atoms with van der Waals surface area (Å²) in [5, 5.41) is 9.71. The van der Waals surface area contributed by atoms with E-state index in [0.717, 1.165) is 28.0 Å². The maximum absolute atomic E-state index is 13.6. The molecule has 0 saturated carbocycles. The lowest BCUT2D eigenvalue weighted by Gasteiger charge is -2.13. The molecule has 5 aromatic rings. The van der Waals surface area contributed by atoms with Crippen LogP contribution in [0.5, 0.6) is 17.2 Å². The van der Waals surface area contributed by atoms with Crippen LogP contribution in [0.25, 0.3) is 16.9 Å². The molecule has 2 aromatic heterocycles. The van der Waals surface area contributed by atoms with Crippen LogP contribution in [0.2, 0.25) is 0 Å². The number of phenolic OH excluding ortho intramolecular Hbond substituents is 1. The first kappa shape index (κ1) is 23.2. The number of aromatic nitrogens is 2. The molecule has 0 spiro atoms. The van der Waals surface area contributed by atoms with E-state index in [2.05, 4.69) is 0 Å². The molecule has 3 aromatic carbocycles. The summed E-state index contributed by atoms with van der Waals surface area (Å²) in [6, 6.07) is 28.4. The van der Waals surface area contributed by atoms with Crippen molar-refractivity contribution >= 4 is 5.65 Å². The maximum Gasteiger partial charge on any atom is 0.341 e. The second-order valence-corrected chi connectivity index (χ2v) is 8.60. The average molecular weight is 480 g/mol. The number of aromatic hydroxyl groups is 1. The molecule has 0 amide bonds. The first-order valence-electron chi connectivity index (χ1n) is 11.7. The number of pyridine rings is 1. The molecule has 36 heavy (non-hydrogen) atoms. The summed E-state index contributed by atoms with van der Waals surface area (Å²) in [7, 11) is 1.61. The normalized spacial score (nSPS) is 10.9. The standard InChI is InChI=1S/C30H26N2O4/c1-21-29(24-12-14-25(33)15-13-24)31-17-7-6-10-28(31)32(30(21)34)19-23-11-16-26(27(18-23)35-2)36-20-22-8-4-3-5-9-22/h3-18H,19-20H2,1-2H3/p+1. The van der Waals surface area contributed by atoms with Crippen molar-refractivity contribution in [3.05, 3.63) is 124 Å². The van der Waals surface area contributed by atoms with Gasteiger partial charge in [-0.15, -0.1) is 0 Å². The molecule has 0 aliphatic rings. The van der Waals surface area contributed by atoms with Gasteiger partial charge in [0.1, 0.15) is 18.9 Å². The van der Waals surface area contributed by atoms with Crippen molar-refractivity contribution in [3.8, 4) is 28.5 Å². The number of hydrogen-bond acceptors (Lipinski definition) is 4. The Balaban J connectivity index is 1.51. The van der Waals surface area contributed by atoms with Crippen LogP contribution in [-0.2, 0) is 13.2 Å². The molecule has 2 heterocycles. The second kappa shape index (κ2) is 9.96. The zero-order chi connectivity index (χ0) is 25.1. The Morgan fingerprint density at radius 2 is 1.61 bits per heavy atom. The second-order valence-electron chi connectivity index (χ2n) is 8.60. The van der Waals surface area contributed by atoms with Gasteiger partial charge < -0.3 is 14.6 Å². The van der Waals surface area contributed by atoms with Gasteiger partial charge in [0.25, 0.3) is 5.65 Å². The molecule has 0 aliphatic carbocycles. The minimum Gasteiger partial charge on any atom is -0.508 e. The van der Waals surface area contributed by atoms with Crippen molar-refractivity contribution in [2.75, 3.05) is 7.11 Å². The van der Waals surface area contributed by atoms with E-state index in [4.69, 9.17) is 9.47 Å². The first-order chi connectivity index (χ1) is 17.5. The van der Waals surface area contributed by atoms with Gasteiger partial charge in [0.2, 0.25) is 0 Å². The number of rotatable bonds is 7. The Morgan fingerprint density at radius 1 is 0.861 bits per heavy atom. The summed E-state index contributed by atoms with van der Waals surface area (Å²) in [6.45, 7) is 2.65. The van der Waals surface area contributed by atoms with E-state index in [1.807, 2.05) is 96.4 Å². The lowest BCUT2D eigenvalue weighted by Crippen LogP contribution is -2.38. The molecule has 0 aliphatic heterocycles. The summed E-state index contributed by atoms with van der Waals surface area (Å²) in [5.74, 6) is 1.45. The number of fused-ring (bicyclic) bond motifs is 1. The molecule has 0 saturated heterocycles. The summed E-state index contributed by atoms with van der Waals surface area (Å²) in [5.41, 5.74) is 4.96. The zero-order valence-corrected chi connectivity index (χ0v) is 20.2. The highest BCUT2D eigenvalue weighted by molar-refractivity contribution is 5.61. The van der Waals surface area contributed by atoms with E-state index in [-0.39, 0.29) is 11.3 Å². The van der Waals surface area contributed by atoms with Gasteiger partial charge in [-0.3, -0.25) is 0 Å². The van der Waals surface area contributed by atoms with Crippen LogP contribution >= 0.6 is 0 Å². The highest BCUT2D eigenvalue weighted by atomic mass is 16.5. The van der Waals surface area contributed by atoms with Gasteiger partial charge >= 0.3 is 5.56 Å². The Bertz CT molecular complexity index is 1580. The molecule has 0 radical (unpaired) electrons. The zero-order valence-electron chi connectivity index (χ0n) is 20.2. The number of phenols is 1. The Labute approximate surface area is 209 Å². The lowest BCUT2D eigenvalue weighted by molar-refractivity contribution is -0.504. The fraction of sp³-hybridized carbons (Fsp3) is 0.133. The van der Waals surface area contributed by atoms with Crippen molar-refractivity contribution in [2.45, 2.75) is 20.1 Å². The van der Waals surface area contributed by atoms with E-state index >= 15 is 0 Å². The van der Waals surface area contributed by atoms with Gasteiger partial charge in [0.05, 0.1) is 18.9 Å². The van der Waals surface area contributed by atoms with E-state index in [1.165, 1.54) is 0 Å². The first-order valence-corrected chi connectivity index (χ1v) is 11.7. The van der Waals surface area contributed by atoms with E-state index in [1.54, 1.807) is 23.8 Å². The Kier molecular flexibility index (Phi) is 6.41. The number of nitrogens with zero attached hydrogens (tertiary/aromatic N) is 2. The smallest absolute Gasteiger partial charge is 0.341 e. The molecule has 180 valence electrons. The number of ether oxygens (including phenoxy) is 2. The molecule has 6 heteroatoms. The summed E-state index contributed by atoms with van der Waals surface area (Å²) in [4.78, 5) is 13.6. The minimum atomic E-state index is -0.0763. The highest BCUT2D eigenvalue weighted by Gasteiger charge is 2.22. The van der Waals surface area contributed by atoms with Gasteiger partial charge in [0.15, 0.2) is 17.2 Å². The van der Waals surface area contributed by atoms with E-state index < -0.39 is 0 Å². The van der Waals surface area contributed by atoms with Crippen molar-refractivity contribution < 1.29 is 19.0 Å². The van der Waals surface area contributed by atoms with Crippen molar-refractivity contribution in [3.63, 3.8) is 0 Å². The number of hydrogen-bond donors (Lipinski definition) is 1. The maximum atomic E-state index is 13.6. The van der Waals surface area contributed by atoms with Gasteiger partial charge in [-0.1, -0.05) is 42.5 Å². The van der Waals surface area contributed by atoms with Crippen LogP contribution in [-0.4, -0.2) is 16.8 Å². The van der Waals surface area contributed by atoms with Gasteiger partial charge in [-0.25, -0.2) is 4.79 Å². The van der Waals surface area contributed by atoms with Crippen LogP contribution in [0.4, 0.5) is 0 Å². The topological polar surface area (TPSA) is 64.8 Å². The van der Waals surface area contributed by atoms with E-state index in [0.29, 0.717) is 30.2 Å². The van der Waals surface area contributed by atoms with Crippen LogP contribution in [0.3, 0.4) is 0 Å². The van der Waals surface area contributed by atoms with E-state index in [9.17, 15) is 9.90 Å². The van der Waals surface area contributed by atoms with Gasteiger partial charge in [-0.2, -0.15) is 8.97 Å². The molecule has 0 bridgehead atoms. The molecule has 5 rings (SSSR count). The highest BCUT2D eigenvalue weighted by Crippen LogP contribution is 2.29. The van der Waals surface area contributed by atoms with Crippen LogP contribution in [0, 0.1) is 6.92 Å². The van der Waals surface area contributed by atoms with Crippen LogP contribution in [0.15, 0.2) is 102 Å². The number of methoxy groups -OCH3 is 1. The van der Waals surface area contributed by atoms with Gasteiger partial charge in [0, 0.05) is 11.6 Å². The fourth-order valence-electron chi connectivity index (χ4n) is 4.41. The number of benzene rings is 3. The third kappa shape index (κ3) is 4.53. The average Bonchev–Trinajstić information content (AvgIpc) is 2.92. The van der Waals surface area contributed by atoms with Crippen LogP contribution in [0.1, 0.15) is 16.7 Å². The van der Waals surface area contributed by atoms with Crippen molar-refractivity contribution in [2.24, 2.45) is 0 Å². The van der Waals surface area contributed by atoms with Crippen LogP contribution < -0.4 is 19.4 Å². The molecule has 0 atom stereocenters. The predicted octanol–water partition coefficient (Wildman–Crippen LogP) is 4.90. The SMILES string of the molecule is COc1cc(Cn2c(=O)c(C)c(-c3ccc(O)cc3)[n+]3ccccc23)ccc1OCc1ccccc1. The summed E-state index contributed by atoms with van der Waals surface area (Å²) >= 11 is 0. The van der Waals surface area contributed by atoms with Crippen molar-refractivity contribution in [1.29, 1.82) is 0 Å². The fourth-order valence-corrected chi connectivity index (χ4v) is 4.41. The molecular formula is C30H27N2O4+. The quantitative estimate of drug-likeness (QED) is 0.337. The third-order valence-electron chi connectivity index (χ3n) is 6.22. The third-order valence-corrected chi connectivity index (χ3v) is 6.22. The lowest BCUT2D eigenvalue weighted by atomic mass is 10.1. The largest absolute Gasteiger partial charge is 0.508 e. The predicted molar refractivity (Wildman–Crippen MR) is 139 cm³/mol. The summed E-state index contributed by atoms with van der Waals surface area (Å²) < 4.78 is 15.4.